The monoisotopic (exact) mass is 704 g/mol. The summed E-state index contributed by atoms with van der Waals surface area (Å²) >= 11 is 4.91. The van der Waals surface area contributed by atoms with Gasteiger partial charge in [0, 0.05) is 35.3 Å². The van der Waals surface area contributed by atoms with Crippen molar-refractivity contribution in [3.63, 3.8) is 0 Å². The Hall–Kier alpha value is -5.32. The number of hydrogen-bond donors (Lipinski definition) is 6. The molecular weight excluding hydrogens is 661 g/mol. The smallest absolute Gasteiger partial charge is 0.247 e. The molecule has 0 aliphatic carbocycles. The molecule has 1 unspecified atom stereocenters. The Morgan fingerprint density at radius 2 is 1.51 bits per heavy atom. The lowest BCUT2D eigenvalue weighted by Gasteiger charge is -2.30. The number of methoxy groups -OCH3 is 1. The predicted octanol–water partition coefficient (Wildman–Crippen LogP) is 5.95. The van der Waals surface area contributed by atoms with Crippen molar-refractivity contribution in [1.82, 2.24) is 21.1 Å². The number of H-pyrrole nitrogens is 1. The summed E-state index contributed by atoms with van der Waals surface area (Å²) in [6, 6.07) is 33.6. The van der Waals surface area contributed by atoms with E-state index in [1.54, 1.807) is 12.6 Å². The van der Waals surface area contributed by atoms with Crippen LogP contribution in [-0.2, 0) is 33.6 Å². The van der Waals surface area contributed by atoms with Crippen molar-refractivity contribution in [3.8, 4) is 5.75 Å². The highest BCUT2D eigenvalue weighted by Gasteiger charge is 2.39. The maximum Gasteiger partial charge on any atom is 0.247 e. The summed E-state index contributed by atoms with van der Waals surface area (Å²) in [4.78, 5) is 45.0. The van der Waals surface area contributed by atoms with Gasteiger partial charge in [0.25, 0.3) is 0 Å². The van der Waals surface area contributed by atoms with Gasteiger partial charge in [-0.15, -0.1) is 0 Å². The molecule has 5 aromatic rings. The summed E-state index contributed by atoms with van der Waals surface area (Å²) in [5.41, 5.74) is 6.43. The Balaban J connectivity index is 1.43. The third-order valence-corrected chi connectivity index (χ3v) is 9.49. The van der Waals surface area contributed by atoms with Crippen LogP contribution in [0.25, 0.3) is 17.0 Å². The quantitative estimate of drug-likeness (QED) is 0.0405. The molecule has 1 heterocycles. The van der Waals surface area contributed by atoms with Crippen molar-refractivity contribution in [2.24, 2.45) is 11.8 Å². The molecular formula is C41H44N4O5S. The predicted molar refractivity (Wildman–Crippen MR) is 204 cm³/mol. The molecule has 0 fully saturated rings. The van der Waals surface area contributed by atoms with E-state index in [2.05, 4.69) is 15.6 Å². The zero-order chi connectivity index (χ0) is 36.0. The van der Waals surface area contributed by atoms with Crippen LogP contribution in [0, 0.1) is 11.8 Å². The Bertz CT molecular complexity index is 1900. The number of aromatic nitrogens is 1. The van der Waals surface area contributed by atoms with Gasteiger partial charge in [0.15, 0.2) is 0 Å². The molecule has 3 amide bonds. The fourth-order valence-electron chi connectivity index (χ4n) is 6.27. The number of hydrogen-bond acceptors (Lipinski definition) is 6. The molecule has 4 aromatic carbocycles. The second-order valence-corrected chi connectivity index (χ2v) is 13.1. The van der Waals surface area contributed by atoms with E-state index < -0.39 is 34.9 Å². The first kappa shape index (κ1) is 36.9. The zero-order valence-electron chi connectivity index (χ0n) is 28.5. The van der Waals surface area contributed by atoms with Crippen LogP contribution in [-0.4, -0.2) is 52.9 Å². The van der Waals surface area contributed by atoms with Gasteiger partial charge in [-0.1, -0.05) is 103 Å². The summed E-state index contributed by atoms with van der Waals surface area (Å²) in [5.74, 6) is -2.95. The van der Waals surface area contributed by atoms with Crippen LogP contribution in [0.3, 0.4) is 0 Å². The van der Waals surface area contributed by atoms with E-state index in [9.17, 15) is 19.6 Å². The summed E-state index contributed by atoms with van der Waals surface area (Å²) in [5, 5.41) is 16.1. The maximum absolute atomic E-state index is 14.5. The minimum atomic E-state index is -1.04. The first-order valence-corrected chi connectivity index (χ1v) is 17.5. The third kappa shape index (κ3) is 10.3. The van der Waals surface area contributed by atoms with Crippen LogP contribution in [0.4, 0.5) is 0 Å². The van der Waals surface area contributed by atoms with E-state index in [0.717, 1.165) is 33.2 Å². The Labute approximate surface area is 303 Å². The average molecular weight is 705 g/mol. The van der Waals surface area contributed by atoms with E-state index in [0.29, 0.717) is 25.1 Å². The topological polar surface area (TPSA) is 133 Å². The van der Waals surface area contributed by atoms with Crippen LogP contribution >= 0.6 is 12.6 Å². The number of nitrogens with one attached hydrogen (secondary N) is 4. The average Bonchev–Trinajstić information content (AvgIpc) is 3.57. The number of carbonyl (C=O) groups excluding carboxylic acids is 3. The molecule has 9 nitrogen and oxygen atoms in total. The molecule has 4 atom stereocenters. The van der Waals surface area contributed by atoms with Gasteiger partial charge >= 0.3 is 0 Å². The molecule has 51 heavy (non-hydrogen) atoms. The maximum atomic E-state index is 14.5. The lowest BCUT2D eigenvalue weighted by Crippen LogP contribution is -2.53. The van der Waals surface area contributed by atoms with Crippen molar-refractivity contribution < 1.29 is 24.3 Å². The molecule has 0 spiro atoms. The van der Waals surface area contributed by atoms with Gasteiger partial charge in [0.1, 0.15) is 11.8 Å². The van der Waals surface area contributed by atoms with Crippen LogP contribution in [0.5, 0.6) is 5.75 Å². The Kier molecular flexibility index (Phi) is 13.5. The van der Waals surface area contributed by atoms with E-state index in [4.69, 9.17) is 17.4 Å². The van der Waals surface area contributed by atoms with Gasteiger partial charge in [-0.25, -0.2) is 5.48 Å². The van der Waals surface area contributed by atoms with Gasteiger partial charge in [0.2, 0.25) is 17.7 Å². The number of para-hydroxylation sites is 1. The van der Waals surface area contributed by atoms with Crippen LogP contribution in [0.15, 0.2) is 121 Å². The number of fused-ring (bicyclic) bond motifs is 1. The van der Waals surface area contributed by atoms with Crippen LogP contribution in [0.2, 0.25) is 0 Å². The number of amides is 3. The van der Waals surface area contributed by atoms with Crippen molar-refractivity contribution in [2.75, 3.05) is 13.7 Å². The summed E-state index contributed by atoms with van der Waals surface area (Å²) in [6.45, 7) is 0.374. The van der Waals surface area contributed by atoms with Gasteiger partial charge in [-0.2, -0.15) is 12.6 Å². The first-order valence-electron chi connectivity index (χ1n) is 17.0. The second kappa shape index (κ2) is 18.6. The number of benzene rings is 4. The standard InChI is InChI=1S/C41H44N4O5S/c1-50-32-21-19-30(20-22-32)25-37(51)38(34(39(46)45-49)17-10-15-28-11-4-2-5-12-28)41(48)44-36(26-31-27-43-35-18-9-8-16-33(31)35)40(47)42-24-23-29-13-6-3-7-14-29/h2-16,18-22,27,34,36-38,43,49,51H,17,23-26H2,1H3,(H,42,47)(H,44,48)(H,45,46)/b15-10+/t34-,36-,37?,38-/m1/s1. The fourth-order valence-corrected chi connectivity index (χ4v) is 6.82. The molecule has 0 aliphatic rings. The van der Waals surface area contributed by atoms with Gasteiger partial charge in [0.05, 0.1) is 18.9 Å². The molecule has 0 saturated carbocycles. The van der Waals surface area contributed by atoms with Gasteiger partial charge in [-0.3, -0.25) is 19.6 Å². The largest absolute Gasteiger partial charge is 0.497 e. The SMILES string of the molecule is COc1ccc(CC(S)[C@H](C(=O)N[C@H](Cc2c[nH]c3ccccc23)C(=O)NCCc2ccccc2)[C@@H](C/C=C/c2ccccc2)C(=O)NO)cc1. The molecule has 10 heteroatoms. The Morgan fingerprint density at radius 3 is 2.22 bits per heavy atom. The lowest BCUT2D eigenvalue weighted by molar-refractivity contribution is -0.141. The number of aromatic amines is 1. The highest BCUT2D eigenvalue weighted by Crippen LogP contribution is 2.29. The normalized spacial score (nSPS) is 13.6. The van der Waals surface area contributed by atoms with E-state index in [-0.39, 0.29) is 18.7 Å². The minimum Gasteiger partial charge on any atom is -0.497 e. The molecule has 0 aliphatic heterocycles. The number of ether oxygens (including phenoxy) is 1. The van der Waals surface area contributed by atoms with E-state index in [1.165, 1.54) is 0 Å². The minimum absolute atomic E-state index is 0.134. The van der Waals surface area contributed by atoms with Gasteiger partial charge < -0.3 is 20.4 Å². The van der Waals surface area contributed by atoms with Crippen LogP contribution in [0.1, 0.15) is 28.7 Å². The number of rotatable bonds is 17. The number of allylic oxidation sites excluding steroid dienone is 1. The van der Waals surface area contributed by atoms with E-state index >= 15 is 0 Å². The molecule has 5 rings (SSSR count). The molecule has 0 bridgehead atoms. The number of hydroxylamine groups is 1. The summed E-state index contributed by atoms with van der Waals surface area (Å²) < 4.78 is 5.30. The van der Waals surface area contributed by atoms with Crippen molar-refractivity contribution in [2.45, 2.75) is 37.0 Å². The molecule has 5 N–H and O–H groups in total. The number of thiol groups is 1. The molecule has 1 aromatic heterocycles. The lowest BCUT2D eigenvalue weighted by atomic mass is 9.82. The third-order valence-electron chi connectivity index (χ3n) is 8.99. The highest BCUT2D eigenvalue weighted by atomic mass is 32.1. The van der Waals surface area contributed by atoms with Crippen molar-refractivity contribution in [3.05, 3.63) is 144 Å². The second-order valence-electron chi connectivity index (χ2n) is 12.4. The van der Waals surface area contributed by atoms with Gasteiger partial charge in [-0.05, 0) is 59.7 Å². The summed E-state index contributed by atoms with van der Waals surface area (Å²) in [6.07, 6.45) is 6.82. The van der Waals surface area contributed by atoms with E-state index in [1.807, 2.05) is 128 Å². The molecule has 264 valence electrons. The zero-order valence-corrected chi connectivity index (χ0v) is 29.4. The van der Waals surface area contributed by atoms with Crippen molar-refractivity contribution >= 4 is 47.3 Å². The summed E-state index contributed by atoms with van der Waals surface area (Å²) in [7, 11) is 1.59. The fraction of sp³-hybridized carbons (Fsp3) is 0.244. The molecule has 0 radical (unpaired) electrons. The van der Waals surface area contributed by atoms with Crippen LogP contribution < -0.4 is 20.9 Å². The Morgan fingerprint density at radius 1 is 0.824 bits per heavy atom. The first-order chi connectivity index (χ1) is 24.9. The molecule has 0 saturated heterocycles. The highest BCUT2D eigenvalue weighted by molar-refractivity contribution is 7.81. The van der Waals surface area contributed by atoms with Crippen molar-refractivity contribution in [1.29, 1.82) is 0 Å². The number of carbonyl (C=O) groups is 3.